The van der Waals surface area contributed by atoms with E-state index in [1.54, 1.807) is 4.90 Å². The summed E-state index contributed by atoms with van der Waals surface area (Å²) in [6.45, 7) is -1.40. The summed E-state index contributed by atoms with van der Waals surface area (Å²) in [5.41, 5.74) is 0.171. The molecule has 0 bridgehead atoms. The number of nitrogens with one attached hydrogen (secondary N) is 2. The van der Waals surface area contributed by atoms with Crippen LogP contribution in [0.15, 0.2) is 11.6 Å². The molecule has 2 saturated carbocycles. The molecule has 218 valence electrons. The number of rotatable bonds is 4. The molecule has 5 aliphatic rings. The zero-order chi connectivity index (χ0) is 28.3. The van der Waals surface area contributed by atoms with Crippen LogP contribution in [0.2, 0.25) is 0 Å². The van der Waals surface area contributed by atoms with E-state index in [2.05, 4.69) is 26.6 Å². The van der Waals surface area contributed by atoms with Crippen LogP contribution in [-0.2, 0) is 14.4 Å². The van der Waals surface area contributed by atoms with Gasteiger partial charge in [-0.2, -0.15) is 13.2 Å². The van der Waals surface area contributed by atoms with Crippen molar-refractivity contribution in [1.29, 1.82) is 0 Å². The monoisotopic (exact) mass is 628 g/mol. The van der Waals surface area contributed by atoms with E-state index in [0.717, 1.165) is 11.0 Å². The van der Waals surface area contributed by atoms with Crippen molar-refractivity contribution in [3.63, 3.8) is 0 Å². The zero-order valence-corrected chi connectivity index (χ0v) is 22.6. The minimum atomic E-state index is -4.62. The third-order valence-electron chi connectivity index (χ3n) is 8.79. The van der Waals surface area contributed by atoms with Crippen LogP contribution < -0.4 is 10.6 Å². The van der Waals surface area contributed by atoms with Crippen molar-refractivity contribution in [2.24, 2.45) is 17.8 Å². The fourth-order valence-electron chi connectivity index (χ4n) is 7.01. The molecule has 2 N–H and O–H groups in total. The molecule has 0 spiro atoms. The van der Waals surface area contributed by atoms with Gasteiger partial charge in [0.15, 0.2) is 0 Å². The number of carbonyl (C=O) groups is 3. The first-order chi connectivity index (χ1) is 18.2. The average molecular weight is 629 g/mol. The lowest BCUT2D eigenvalue weighted by molar-refractivity contribution is -0.209. The van der Waals surface area contributed by atoms with Crippen molar-refractivity contribution >= 4 is 33.7 Å². The Hall–Kier alpha value is -1.83. The van der Waals surface area contributed by atoms with Gasteiger partial charge in [-0.3, -0.25) is 19.3 Å². The maximum atomic E-state index is 14.4. The fourth-order valence-corrected chi connectivity index (χ4v) is 7.81. The zero-order valence-electron chi connectivity index (χ0n) is 21.0. The van der Waals surface area contributed by atoms with Crippen molar-refractivity contribution < 1.29 is 40.7 Å². The van der Waals surface area contributed by atoms with Crippen LogP contribution in [0.3, 0.4) is 0 Å². The van der Waals surface area contributed by atoms with Gasteiger partial charge in [-0.1, -0.05) is 15.9 Å². The van der Waals surface area contributed by atoms with Crippen LogP contribution in [0.4, 0.5) is 26.3 Å². The summed E-state index contributed by atoms with van der Waals surface area (Å²) in [6, 6.07) is -2.59. The van der Waals surface area contributed by atoms with E-state index < -0.39 is 89.8 Å². The topological polar surface area (TPSA) is 81.8 Å². The summed E-state index contributed by atoms with van der Waals surface area (Å²) < 4.78 is 84.0. The number of halogens is 7. The number of amides is 3. The molecule has 39 heavy (non-hydrogen) atoms. The lowest BCUT2D eigenvalue weighted by Crippen LogP contribution is -2.64. The van der Waals surface area contributed by atoms with Gasteiger partial charge in [0.25, 0.3) is 5.92 Å². The normalized spacial score (nSPS) is 38.8. The highest BCUT2D eigenvalue weighted by Crippen LogP contribution is 2.47. The Labute approximate surface area is 230 Å². The Kier molecular flexibility index (Phi) is 7.75. The molecule has 8 atom stereocenters. The van der Waals surface area contributed by atoms with E-state index in [4.69, 9.17) is 0 Å². The predicted octanol–water partition coefficient (Wildman–Crippen LogP) is 2.94. The standard InChI is InChI=1S/C25H31BrF6N4O3/c26-12-6-16(23(39)36-10-24(28,29)11-36)21(17(7-12)25(30,31)32)35-5-4-13(9-35)33-22(38)15-8-19(37)34-20-14(15)2-1-3-18(20)27/h8,12-14,16-18,20-21H,1-7,9-11H2,(H,33,38)(H,34,37)/t12?,13-,14?,16?,17?,18?,20?,21?/m1/s1. The molecule has 7 nitrogen and oxygen atoms in total. The third-order valence-corrected chi connectivity index (χ3v) is 9.54. The first kappa shape index (κ1) is 28.7. The Morgan fingerprint density at radius 2 is 1.85 bits per heavy atom. The fraction of sp³-hybridized carbons (Fsp3) is 0.800. The molecular formula is C25H31BrF6N4O3. The molecule has 14 heteroatoms. The van der Waals surface area contributed by atoms with Crippen LogP contribution in [0.5, 0.6) is 0 Å². The molecule has 0 radical (unpaired) electrons. The van der Waals surface area contributed by atoms with Crippen LogP contribution in [0.25, 0.3) is 0 Å². The van der Waals surface area contributed by atoms with E-state index in [0.29, 0.717) is 25.7 Å². The van der Waals surface area contributed by atoms with Crippen molar-refractivity contribution in [3.8, 4) is 0 Å². The van der Waals surface area contributed by atoms with E-state index in [1.165, 1.54) is 0 Å². The summed E-state index contributed by atoms with van der Waals surface area (Å²) in [7, 11) is 0. The summed E-state index contributed by atoms with van der Waals surface area (Å²) in [6.07, 6.45) is -3.19. The van der Waals surface area contributed by atoms with Gasteiger partial charge in [-0.25, -0.2) is 13.2 Å². The number of alkyl halides is 7. The molecule has 0 aromatic carbocycles. The van der Waals surface area contributed by atoms with Crippen LogP contribution in [0.1, 0.15) is 38.5 Å². The number of hydrogen-bond acceptors (Lipinski definition) is 4. The van der Waals surface area contributed by atoms with E-state index in [9.17, 15) is 40.7 Å². The summed E-state index contributed by atoms with van der Waals surface area (Å²) in [5, 5.41) is 5.40. The van der Waals surface area contributed by atoms with Crippen LogP contribution in [-0.4, -0.2) is 94.9 Å². The molecule has 0 aromatic heterocycles. The molecule has 2 saturated heterocycles. The smallest absolute Gasteiger partial charge is 0.348 e. The molecule has 4 fully saturated rings. The number of fused-ring (bicyclic) bond motifs is 1. The molecule has 5 rings (SSSR count). The maximum absolute atomic E-state index is 14.4. The van der Waals surface area contributed by atoms with E-state index in [-0.39, 0.29) is 31.5 Å². The van der Waals surface area contributed by atoms with Crippen molar-refractivity contribution in [2.45, 2.75) is 79.7 Å². The second-order valence-electron chi connectivity index (χ2n) is 11.5. The highest BCUT2D eigenvalue weighted by atomic mass is 79.9. The first-order valence-corrected chi connectivity index (χ1v) is 14.2. The maximum Gasteiger partial charge on any atom is 0.393 e. The van der Waals surface area contributed by atoms with Gasteiger partial charge >= 0.3 is 6.18 Å². The van der Waals surface area contributed by atoms with Crippen molar-refractivity contribution in [3.05, 3.63) is 11.6 Å². The average Bonchev–Trinajstić information content (AvgIpc) is 3.29. The lowest BCUT2D eigenvalue weighted by atomic mass is 9.74. The number of hydrogen-bond donors (Lipinski definition) is 2. The van der Waals surface area contributed by atoms with Gasteiger partial charge in [-0.05, 0) is 38.5 Å². The Balaban J connectivity index is 1.30. The van der Waals surface area contributed by atoms with Gasteiger partial charge in [0, 0.05) is 47.6 Å². The molecule has 2 aliphatic carbocycles. The van der Waals surface area contributed by atoms with Crippen molar-refractivity contribution in [2.75, 3.05) is 26.2 Å². The van der Waals surface area contributed by atoms with Gasteiger partial charge < -0.3 is 15.5 Å². The number of carbonyl (C=O) groups excluding carboxylic acids is 3. The predicted molar refractivity (Wildman–Crippen MR) is 131 cm³/mol. The highest BCUT2D eigenvalue weighted by molar-refractivity contribution is 9.09. The first-order valence-electron chi connectivity index (χ1n) is 13.3. The SMILES string of the molecule is O=C1C=C(C(=O)N[C@@H]2CCN(C3C(C(=O)N4CC(F)(F)C4)CC(Br)CC3C(F)(F)F)C2)C2CCCC(F)C2N1. The Morgan fingerprint density at radius 1 is 1.13 bits per heavy atom. The minimum absolute atomic E-state index is 0.0369. The second kappa shape index (κ2) is 10.5. The molecule has 3 heterocycles. The molecule has 3 aliphatic heterocycles. The van der Waals surface area contributed by atoms with Gasteiger partial charge in [0.2, 0.25) is 17.7 Å². The van der Waals surface area contributed by atoms with E-state index in [1.807, 2.05) is 0 Å². The highest BCUT2D eigenvalue weighted by Gasteiger charge is 2.57. The third kappa shape index (κ3) is 5.82. The van der Waals surface area contributed by atoms with Crippen molar-refractivity contribution in [1.82, 2.24) is 20.4 Å². The molecule has 3 amide bonds. The molecule has 7 unspecified atom stereocenters. The van der Waals surface area contributed by atoms with Gasteiger partial charge in [0.1, 0.15) is 6.17 Å². The number of nitrogens with zero attached hydrogens (tertiary/aromatic N) is 2. The largest absolute Gasteiger partial charge is 0.393 e. The summed E-state index contributed by atoms with van der Waals surface area (Å²) >= 11 is 3.24. The van der Waals surface area contributed by atoms with E-state index >= 15 is 0 Å². The van der Waals surface area contributed by atoms with Gasteiger partial charge in [0.05, 0.1) is 31.0 Å². The molecule has 0 aromatic rings. The molecular weight excluding hydrogens is 598 g/mol. The Bertz CT molecular complexity index is 1030. The lowest BCUT2D eigenvalue weighted by Gasteiger charge is -2.48. The summed E-state index contributed by atoms with van der Waals surface area (Å²) in [5.74, 6) is -8.32. The minimum Gasteiger partial charge on any atom is -0.348 e. The Morgan fingerprint density at radius 3 is 2.51 bits per heavy atom. The summed E-state index contributed by atoms with van der Waals surface area (Å²) in [4.78, 5) is 40.3. The number of likely N-dealkylation sites (tertiary alicyclic amines) is 2. The van der Waals surface area contributed by atoms with Crippen LogP contribution in [0, 0.1) is 17.8 Å². The second-order valence-corrected chi connectivity index (χ2v) is 12.8. The quantitative estimate of drug-likeness (QED) is 0.371. The van der Waals surface area contributed by atoms with Gasteiger partial charge in [-0.15, -0.1) is 0 Å². The van der Waals surface area contributed by atoms with Crippen LogP contribution >= 0.6 is 15.9 Å².